The second-order valence-electron chi connectivity index (χ2n) is 6.74. The first-order chi connectivity index (χ1) is 13.3. The predicted molar refractivity (Wildman–Crippen MR) is 99.7 cm³/mol. The lowest BCUT2D eigenvalue weighted by Crippen LogP contribution is -2.49. The SMILES string of the molecule is COCCn1nc(C(=O)N2CCN(c3ncccn3)CC2)c2c1CCNC2. The molecule has 27 heavy (non-hydrogen) atoms. The molecule has 144 valence electrons. The highest BCUT2D eigenvalue weighted by Crippen LogP contribution is 2.21. The van der Waals surface area contributed by atoms with Gasteiger partial charge in [-0.3, -0.25) is 9.48 Å². The molecule has 0 aliphatic carbocycles. The van der Waals surface area contributed by atoms with Crippen molar-refractivity contribution >= 4 is 11.9 Å². The number of rotatable bonds is 5. The molecule has 9 heteroatoms. The third kappa shape index (κ3) is 3.65. The van der Waals surface area contributed by atoms with Gasteiger partial charge in [0, 0.05) is 76.5 Å². The Labute approximate surface area is 158 Å². The summed E-state index contributed by atoms with van der Waals surface area (Å²) in [4.78, 5) is 25.7. The lowest BCUT2D eigenvalue weighted by molar-refractivity contribution is 0.0737. The van der Waals surface area contributed by atoms with Crippen LogP contribution in [-0.4, -0.2) is 77.0 Å². The van der Waals surface area contributed by atoms with Crippen LogP contribution in [0.3, 0.4) is 0 Å². The van der Waals surface area contributed by atoms with E-state index in [9.17, 15) is 4.79 Å². The molecule has 1 N–H and O–H groups in total. The van der Waals surface area contributed by atoms with E-state index in [0.29, 0.717) is 38.5 Å². The minimum atomic E-state index is 0.0137. The third-order valence-corrected chi connectivity index (χ3v) is 5.12. The Morgan fingerprint density at radius 2 is 2.00 bits per heavy atom. The summed E-state index contributed by atoms with van der Waals surface area (Å²) < 4.78 is 7.13. The zero-order chi connectivity index (χ0) is 18.6. The molecule has 0 unspecified atom stereocenters. The zero-order valence-corrected chi connectivity index (χ0v) is 15.6. The van der Waals surface area contributed by atoms with Gasteiger partial charge in [-0.2, -0.15) is 5.10 Å². The average Bonchev–Trinajstić information content (AvgIpc) is 3.11. The van der Waals surface area contributed by atoms with Crippen LogP contribution in [0.2, 0.25) is 0 Å². The summed E-state index contributed by atoms with van der Waals surface area (Å²) in [6.45, 7) is 5.60. The molecule has 0 saturated carbocycles. The molecule has 0 bridgehead atoms. The Hall–Kier alpha value is -2.52. The molecule has 2 aliphatic heterocycles. The molecular weight excluding hydrogens is 346 g/mol. The maximum atomic E-state index is 13.1. The molecule has 2 aromatic rings. The van der Waals surface area contributed by atoms with E-state index < -0.39 is 0 Å². The van der Waals surface area contributed by atoms with Gasteiger partial charge >= 0.3 is 0 Å². The number of hydrogen-bond donors (Lipinski definition) is 1. The van der Waals surface area contributed by atoms with Gasteiger partial charge in [0.25, 0.3) is 5.91 Å². The molecule has 0 radical (unpaired) electrons. The van der Waals surface area contributed by atoms with E-state index >= 15 is 0 Å². The molecule has 2 aromatic heterocycles. The van der Waals surface area contributed by atoms with Crippen LogP contribution >= 0.6 is 0 Å². The van der Waals surface area contributed by atoms with Crippen molar-refractivity contribution in [3.8, 4) is 0 Å². The summed E-state index contributed by atoms with van der Waals surface area (Å²) in [5.41, 5.74) is 2.78. The number of carbonyl (C=O) groups excluding carboxylic acids is 1. The van der Waals surface area contributed by atoms with E-state index in [2.05, 4.69) is 25.3 Å². The quantitative estimate of drug-likeness (QED) is 0.787. The van der Waals surface area contributed by atoms with Gasteiger partial charge in [-0.1, -0.05) is 0 Å². The number of amides is 1. The van der Waals surface area contributed by atoms with Crippen molar-refractivity contribution in [3.63, 3.8) is 0 Å². The molecule has 1 saturated heterocycles. The number of methoxy groups -OCH3 is 1. The van der Waals surface area contributed by atoms with Crippen molar-refractivity contribution in [1.29, 1.82) is 0 Å². The van der Waals surface area contributed by atoms with Crippen LogP contribution in [0.5, 0.6) is 0 Å². The highest BCUT2D eigenvalue weighted by Gasteiger charge is 2.30. The first-order valence-electron chi connectivity index (χ1n) is 9.37. The Kier molecular flexibility index (Phi) is 5.30. The second kappa shape index (κ2) is 8.01. The van der Waals surface area contributed by atoms with Crippen molar-refractivity contribution < 1.29 is 9.53 Å². The van der Waals surface area contributed by atoms with Gasteiger partial charge in [-0.15, -0.1) is 0 Å². The van der Waals surface area contributed by atoms with E-state index in [-0.39, 0.29) is 5.91 Å². The van der Waals surface area contributed by atoms with E-state index in [4.69, 9.17) is 4.74 Å². The maximum Gasteiger partial charge on any atom is 0.274 e. The monoisotopic (exact) mass is 371 g/mol. The van der Waals surface area contributed by atoms with Crippen molar-refractivity contribution in [2.75, 3.05) is 51.3 Å². The second-order valence-corrected chi connectivity index (χ2v) is 6.74. The standard InChI is InChI=1S/C18H25N7O2/c1-27-12-11-25-15-3-6-19-13-14(15)16(22-25)17(26)23-7-9-24(10-8-23)18-20-4-2-5-21-18/h2,4-5,19H,3,6-13H2,1H3. The van der Waals surface area contributed by atoms with E-state index in [1.165, 1.54) is 0 Å². The number of nitrogens with one attached hydrogen (secondary N) is 1. The summed E-state index contributed by atoms with van der Waals surface area (Å²) in [5, 5.41) is 8.01. The maximum absolute atomic E-state index is 13.1. The van der Waals surface area contributed by atoms with Crippen molar-refractivity contribution in [3.05, 3.63) is 35.4 Å². The number of nitrogens with zero attached hydrogens (tertiary/aromatic N) is 6. The van der Waals surface area contributed by atoms with Gasteiger partial charge in [0.05, 0.1) is 13.2 Å². The van der Waals surface area contributed by atoms with Gasteiger partial charge in [0.15, 0.2) is 5.69 Å². The summed E-state index contributed by atoms with van der Waals surface area (Å²) in [5.74, 6) is 0.731. The molecule has 1 fully saturated rings. The van der Waals surface area contributed by atoms with Gasteiger partial charge in [0.2, 0.25) is 5.95 Å². The number of aromatic nitrogens is 4. The Morgan fingerprint density at radius 3 is 2.74 bits per heavy atom. The zero-order valence-electron chi connectivity index (χ0n) is 15.6. The summed E-state index contributed by atoms with van der Waals surface area (Å²) >= 11 is 0. The summed E-state index contributed by atoms with van der Waals surface area (Å²) in [6, 6.07) is 1.81. The number of hydrogen-bond acceptors (Lipinski definition) is 7. The Balaban J connectivity index is 1.48. The molecule has 1 amide bonds. The summed E-state index contributed by atoms with van der Waals surface area (Å²) in [7, 11) is 1.68. The molecule has 4 rings (SSSR count). The van der Waals surface area contributed by atoms with E-state index in [1.807, 2.05) is 9.58 Å². The van der Waals surface area contributed by atoms with Crippen molar-refractivity contribution in [2.45, 2.75) is 19.5 Å². The number of piperazine rings is 1. The minimum absolute atomic E-state index is 0.0137. The largest absolute Gasteiger partial charge is 0.383 e. The molecule has 0 atom stereocenters. The fourth-order valence-corrected chi connectivity index (χ4v) is 3.67. The first-order valence-corrected chi connectivity index (χ1v) is 9.37. The number of carbonyl (C=O) groups is 1. The highest BCUT2D eigenvalue weighted by atomic mass is 16.5. The van der Waals surface area contributed by atoms with Crippen molar-refractivity contribution in [1.82, 2.24) is 30.0 Å². The highest BCUT2D eigenvalue weighted by molar-refractivity contribution is 5.94. The topological polar surface area (TPSA) is 88.4 Å². The molecule has 9 nitrogen and oxygen atoms in total. The van der Waals surface area contributed by atoms with Crippen LogP contribution in [0.4, 0.5) is 5.95 Å². The lowest BCUT2D eigenvalue weighted by atomic mass is 10.1. The predicted octanol–water partition coefficient (Wildman–Crippen LogP) is -0.0724. The third-order valence-electron chi connectivity index (χ3n) is 5.12. The van der Waals surface area contributed by atoms with Gasteiger partial charge in [-0.25, -0.2) is 9.97 Å². The van der Waals surface area contributed by atoms with Crippen LogP contribution < -0.4 is 10.2 Å². The number of anilines is 1. The fourth-order valence-electron chi connectivity index (χ4n) is 3.67. The van der Waals surface area contributed by atoms with Crippen molar-refractivity contribution in [2.24, 2.45) is 0 Å². The molecular formula is C18H25N7O2. The van der Waals surface area contributed by atoms with Gasteiger partial charge in [0.1, 0.15) is 0 Å². The molecule has 4 heterocycles. The molecule has 0 spiro atoms. The van der Waals surface area contributed by atoms with Crippen LogP contribution in [0, 0.1) is 0 Å². The summed E-state index contributed by atoms with van der Waals surface area (Å²) in [6.07, 6.45) is 4.37. The first kappa shape index (κ1) is 17.9. The number of fused-ring (bicyclic) bond motifs is 1. The molecule has 0 aromatic carbocycles. The minimum Gasteiger partial charge on any atom is -0.383 e. The smallest absolute Gasteiger partial charge is 0.274 e. The average molecular weight is 371 g/mol. The molecule has 2 aliphatic rings. The normalized spacial score (nSPS) is 17.1. The van der Waals surface area contributed by atoms with Crippen LogP contribution in [0.15, 0.2) is 18.5 Å². The van der Waals surface area contributed by atoms with Crippen LogP contribution in [0.25, 0.3) is 0 Å². The van der Waals surface area contributed by atoms with Gasteiger partial charge < -0.3 is 19.9 Å². The number of ether oxygens (including phenoxy) is 1. The van der Waals surface area contributed by atoms with Crippen LogP contribution in [0.1, 0.15) is 21.7 Å². The Morgan fingerprint density at radius 1 is 1.22 bits per heavy atom. The van der Waals surface area contributed by atoms with E-state index in [0.717, 1.165) is 43.3 Å². The fraction of sp³-hybridized carbons (Fsp3) is 0.556. The lowest BCUT2D eigenvalue weighted by Gasteiger charge is -2.34. The van der Waals surface area contributed by atoms with E-state index in [1.54, 1.807) is 25.6 Å². The van der Waals surface area contributed by atoms with Crippen LogP contribution in [-0.2, 0) is 24.2 Å². The van der Waals surface area contributed by atoms with Gasteiger partial charge in [-0.05, 0) is 6.07 Å². The Bertz CT molecular complexity index is 785.